The molecule has 2 aromatic rings. The molecule has 0 bridgehead atoms. The predicted molar refractivity (Wildman–Crippen MR) is 59.9 cm³/mol. The molecule has 2 rings (SSSR count). The van der Waals surface area contributed by atoms with Crippen LogP contribution in [0.1, 0.15) is 12.8 Å². The number of nitrogens with zero attached hydrogens (tertiary/aromatic N) is 2. The van der Waals surface area contributed by atoms with Gasteiger partial charge < -0.3 is 9.26 Å². The maximum absolute atomic E-state index is 5.39. The van der Waals surface area contributed by atoms with Crippen molar-refractivity contribution in [2.45, 2.75) is 13.5 Å². The summed E-state index contributed by atoms with van der Waals surface area (Å²) in [7, 11) is 0. The third-order valence-corrected chi connectivity index (χ3v) is 2.08. The van der Waals surface area contributed by atoms with E-state index in [-0.39, 0.29) is 6.61 Å². The predicted octanol–water partition coefficient (Wildman–Crippen LogP) is 1.53. The van der Waals surface area contributed by atoms with Crippen LogP contribution in [0.3, 0.4) is 0 Å². The summed E-state index contributed by atoms with van der Waals surface area (Å²) < 4.78 is 10.3. The van der Waals surface area contributed by atoms with E-state index in [4.69, 9.17) is 15.2 Å². The van der Waals surface area contributed by atoms with Gasteiger partial charge in [-0.15, -0.1) is 0 Å². The first-order valence-corrected chi connectivity index (χ1v) is 5.21. The number of hydrogen-bond donors (Lipinski definition) is 1. The molecule has 0 atom stereocenters. The van der Waals surface area contributed by atoms with Crippen LogP contribution in [0, 0.1) is 0 Å². The smallest absolute Gasteiger partial charge is 0.255 e. The highest BCUT2D eigenvalue weighted by Gasteiger charge is 2.09. The van der Waals surface area contributed by atoms with Gasteiger partial charge in [-0.05, 0) is 19.1 Å². The zero-order valence-corrected chi connectivity index (χ0v) is 9.42. The zero-order chi connectivity index (χ0) is 12.1. The summed E-state index contributed by atoms with van der Waals surface area (Å²) in [5.41, 5.74) is 0.822. The first-order valence-electron chi connectivity index (χ1n) is 5.21. The molecule has 1 aromatic carbocycles. The molecule has 0 unspecified atom stereocenters. The zero-order valence-electron chi connectivity index (χ0n) is 9.42. The van der Waals surface area contributed by atoms with E-state index in [0.717, 1.165) is 11.3 Å². The van der Waals surface area contributed by atoms with E-state index in [1.807, 2.05) is 31.2 Å². The molecule has 1 aromatic heterocycles. The van der Waals surface area contributed by atoms with Crippen molar-refractivity contribution in [3.05, 3.63) is 30.2 Å². The molecule has 6 heteroatoms. The molecule has 0 aliphatic heterocycles. The van der Waals surface area contributed by atoms with E-state index >= 15 is 0 Å². The molecule has 2 N–H and O–H groups in total. The molecule has 0 saturated carbocycles. The summed E-state index contributed by atoms with van der Waals surface area (Å²) in [6.07, 6.45) is 0. The highest BCUT2D eigenvalue weighted by molar-refractivity contribution is 5.56. The first kappa shape index (κ1) is 11.6. The molecule has 6 nitrogen and oxygen atoms in total. The van der Waals surface area contributed by atoms with Crippen molar-refractivity contribution in [1.29, 1.82) is 0 Å². The van der Waals surface area contributed by atoms with Gasteiger partial charge in [0.2, 0.25) is 5.82 Å². The van der Waals surface area contributed by atoms with Gasteiger partial charge in [0.1, 0.15) is 12.4 Å². The second-order valence-electron chi connectivity index (χ2n) is 3.28. The lowest BCUT2D eigenvalue weighted by atomic mass is 10.2. The highest BCUT2D eigenvalue weighted by Crippen LogP contribution is 2.21. The van der Waals surface area contributed by atoms with Crippen LogP contribution >= 0.6 is 0 Å². The minimum Gasteiger partial charge on any atom is -0.494 e. The van der Waals surface area contributed by atoms with E-state index in [0.29, 0.717) is 18.3 Å². The number of ether oxygens (including phenoxy) is 1. The van der Waals surface area contributed by atoms with Crippen molar-refractivity contribution >= 4 is 0 Å². The fraction of sp³-hybridized carbons (Fsp3) is 0.273. The van der Waals surface area contributed by atoms with Gasteiger partial charge >= 0.3 is 0 Å². The lowest BCUT2D eigenvalue weighted by Gasteiger charge is -2.02. The molecule has 0 fully saturated rings. The SMILES string of the molecule is CCOc1cccc(-c2noc(CON)n2)c1. The van der Waals surface area contributed by atoms with Crippen molar-refractivity contribution < 1.29 is 14.1 Å². The fourth-order valence-corrected chi connectivity index (χ4v) is 1.39. The van der Waals surface area contributed by atoms with Gasteiger partial charge in [0.15, 0.2) is 0 Å². The number of benzene rings is 1. The molecule has 17 heavy (non-hydrogen) atoms. The largest absolute Gasteiger partial charge is 0.494 e. The van der Waals surface area contributed by atoms with Crippen LogP contribution in [0.5, 0.6) is 5.75 Å². The minimum absolute atomic E-state index is 0.0954. The summed E-state index contributed by atoms with van der Waals surface area (Å²) in [4.78, 5) is 8.55. The fourth-order valence-electron chi connectivity index (χ4n) is 1.39. The Morgan fingerprint density at radius 1 is 1.41 bits per heavy atom. The van der Waals surface area contributed by atoms with Gasteiger partial charge in [-0.25, -0.2) is 5.90 Å². The monoisotopic (exact) mass is 235 g/mol. The molecule has 0 saturated heterocycles. The van der Waals surface area contributed by atoms with Crippen LogP contribution in [0.2, 0.25) is 0 Å². The van der Waals surface area contributed by atoms with Crippen molar-refractivity contribution in [2.24, 2.45) is 5.90 Å². The number of hydrogen-bond acceptors (Lipinski definition) is 6. The van der Waals surface area contributed by atoms with Crippen molar-refractivity contribution in [3.8, 4) is 17.1 Å². The average molecular weight is 235 g/mol. The van der Waals surface area contributed by atoms with Gasteiger partial charge in [-0.2, -0.15) is 4.98 Å². The Morgan fingerprint density at radius 3 is 3.06 bits per heavy atom. The van der Waals surface area contributed by atoms with Gasteiger partial charge in [0.25, 0.3) is 5.89 Å². The lowest BCUT2D eigenvalue weighted by molar-refractivity contribution is 0.0996. The standard InChI is InChI=1S/C11H13N3O3/c1-2-15-9-5-3-4-8(6-9)11-13-10(7-16-12)17-14-11/h3-6H,2,7,12H2,1H3. The topological polar surface area (TPSA) is 83.4 Å². The third-order valence-electron chi connectivity index (χ3n) is 2.08. The Balaban J connectivity index is 2.22. The Kier molecular flexibility index (Phi) is 3.69. The molecule has 0 aliphatic rings. The van der Waals surface area contributed by atoms with Crippen LogP contribution in [0.25, 0.3) is 11.4 Å². The second kappa shape index (κ2) is 5.42. The normalized spacial score (nSPS) is 10.5. The number of rotatable bonds is 5. The molecule has 90 valence electrons. The molecule has 0 radical (unpaired) electrons. The van der Waals surface area contributed by atoms with E-state index in [1.165, 1.54) is 0 Å². The average Bonchev–Trinajstić information content (AvgIpc) is 2.79. The van der Waals surface area contributed by atoms with Gasteiger partial charge in [0, 0.05) is 5.56 Å². The first-order chi connectivity index (χ1) is 8.33. The molecule has 0 amide bonds. The van der Waals surface area contributed by atoms with Gasteiger partial charge in [0.05, 0.1) is 6.61 Å². The number of nitrogens with two attached hydrogens (primary N) is 1. The third kappa shape index (κ3) is 2.80. The van der Waals surface area contributed by atoms with Gasteiger partial charge in [-0.3, -0.25) is 4.84 Å². The molecule has 1 heterocycles. The lowest BCUT2D eigenvalue weighted by Crippen LogP contribution is -1.98. The maximum Gasteiger partial charge on any atom is 0.255 e. The summed E-state index contributed by atoms with van der Waals surface area (Å²) >= 11 is 0. The van der Waals surface area contributed by atoms with Crippen LogP contribution in [0.4, 0.5) is 0 Å². The molecular formula is C11H13N3O3. The quantitative estimate of drug-likeness (QED) is 0.791. The minimum atomic E-state index is 0.0954. The van der Waals surface area contributed by atoms with Crippen molar-refractivity contribution in [2.75, 3.05) is 6.61 Å². The molecule has 0 aliphatic carbocycles. The number of aromatic nitrogens is 2. The van der Waals surface area contributed by atoms with Crippen LogP contribution in [-0.2, 0) is 11.4 Å². The van der Waals surface area contributed by atoms with E-state index in [2.05, 4.69) is 15.0 Å². The summed E-state index contributed by atoms with van der Waals surface area (Å²) in [6, 6.07) is 7.47. The van der Waals surface area contributed by atoms with Crippen LogP contribution in [0.15, 0.2) is 28.8 Å². The van der Waals surface area contributed by atoms with Crippen molar-refractivity contribution in [3.63, 3.8) is 0 Å². The highest BCUT2D eigenvalue weighted by atomic mass is 16.6. The summed E-state index contributed by atoms with van der Waals surface area (Å²) in [6.45, 7) is 2.64. The van der Waals surface area contributed by atoms with Crippen LogP contribution in [-0.4, -0.2) is 16.7 Å². The summed E-state index contributed by atoms with van der Waals surface area (Å²) in [5.74, 6) is 6.52. The molecular weight excluding hydrogens is 222 g/mol. The molecule has 0 spiro atoms. The van der Waals surface area contributed by atoms with Crippen molar-refractivity contribution in [1.82, 2.24) is 10.1 Å². The Hall–Kier alpha value is -1.92. The summed E-state index contributed by atoms with van der Waals surface area (Å²) in [5, 5.41) is 3.83. The van der Waals surface area contributed by atoms with Crippen LogP contribution < -0.4 is 10.6 Å². The van der Waals surface area contributed by atoms with E-state index in [9.17, 15) is 0 Å². The second-order valence-corrected chi connectivity index (χ2v) is 3.28. The maximum atomic E-state index is 5.39. The Bertz CT molecular complexity index is 484. The Morgan fingerprint density at radius 2 is 2.29 bits per heavy atom. The Labute approximate surface area is 98.3 Å². The van der Waals surface area contributed by atoms with E-state index < -0.39 is 0 Å². The van der Waals surface area contributed by atoms with E-state index in [1.54, 1.807) is 0 Å². The van der Waals surface area contributed by atoms with Gasteiger partial charge in [-0.1, -0.05) is 17.3 Å².